The molecule has 1 saturated heterocycles. The highest BCUT2D eigenvalue weighted by Gasteiger charge is 2.28. The molecule has 33 heavy (non-hydrogen) atoms. The summed E-state index contributed by atoms with van der Waals surface area (Å²) in [6.45, 7) is 4.44. The third kappa shape index (κ3) is 4.63. The van der Waals surface area contributed by atoms with Gasteiger partial charge in [-0.25, -0.2) is 13.2 Å². The fourth-order valence-corrected chi connectivity index (χ4v) is 5.29. The van der Waals surface area contributed by atoms with Gasteiger partial charge in [-0.3, -0.25) is 4.79 Å². The molecule has 2 aromatic heterocycles. The number of sulfonamides is 1. The van der Waals surface area contributed by atoms with Crippen LogP contribution in [-0.2, 0) is 19.5 Å². The number of ether oxygens (including phenoxy) is 2. The molecule has 0 spiro atoms. The van der Waals surface area contributed by atoms with E-state index < -0.39 is 22.6 Å². The van der Waals surface area contributed by atoms with E-state index in [1.807, 2.05) is 48.7 Å². The number of aryl methyl sites for hydroxylation is 1. The lowest BCUT2D eigenvalue weighted by atomic mass is 10.1. The number of benzene rings is 1. The highest BCUT2D eigenvalue weighted by molar-refractivity contribution is 7.89. The monoisotopic (exact) mass is 471 g/mol. The van der Waals surface area contributed by atoms with Gasteiger partial charge in [-0.15, -0.1) is 0 Å². The Morgan fingerprint density at radius 1 is 1.09 bits per heavy atom. The van der Waals surface area contributed by atoms with E-state index in [-0.39, 0.29) is 29.5 Å². The van der Waals surface area contributed by atoms with Crippen molar-refractivity contribution in [2.24, 2.45) is 0 Å². The predicted octanol–water partition coefficient (Wildman–Crippen LogP) is 2.48. The summed E-state index contributed by atoms with van der Waals surface area (Å²) in [5, 5.41) is 0. The van der Waals surface area contributed by atoms with Crippen molar-refractivity contribution < 1.29 is 27.5 Å². The molecule has 1 aliphatic heterocycles. The number of nitrogens with one attached hydrogen (secondary N) is 1. The Hall–Kier alpha value is -3.21. The van der Waals surface area contributed by atoms with E-state index in [1.54, 1.807) is 6.07 Å². The number of hydrogen-bond donors (Lipinski definition) is 1. The summed E-state index contributed by atoms with van der Waals surface area (Å²) in [6.07, 6.45) is 1.25. The quantitative estimate of drug-likeness (QED) is 0.419. The first-order valence-electron chi connectivity index (χ1n) is 10.5. The number of para-hydroxylation sites is 1. The van der Waals surface area contributed by atoms with Crippen LogP contribution in [0.4, 0.5) is 0 Å². The molecular formula is C23H25N3O6S. The van der Waals surface area contributed by atoms with Crippen molar-refractivity contribution in [1.29, 1.82) is 0 Å². The predicted molar refractivity (Wildman–Crippen MR) is 120 cm³/mol. The summed E-state index contributed by atoms with van der Waals surface area (Å²) in [7, 11) is -3.74. The largest absolute Gasteiger partial charge is 0.453 e. The molecule has 1 aliphatic rings. The maximum Gasteiger partial charge on any atom is 0.355 e. The first kappa shape index (κ1) is 23.0. The Bertz CT molecular complexity index is 1270. The van der Waals surface area contributed by atoms with Crippen molar-refractivity contribution in [2.75, 3.05) is 32.9 Å². The van der Waals surface area contributed by atoms with Crippen LogP contribution in [0.1, 0.15) is 32.2 Å². The van der Waals surface area contributed by atoms with Crippen molar-refractivity contribution in [1.82, 2.24) is 13.9 Å². The molecule has 1 N–H and O–H groups in total. The van der Waals surface area contributed by atoms with E-state index in [1.165, 1.54) is 16.6 Å². The van der Waals surface area contributed by atoms with Crippen LogP contribution >= 0.6 is 0 Å². The molecule has 9 nitrogen and oxygen atoms in total. The van der Waals surface area contributed by atoms with Crippen molar-refractivity contribution >= 4 is 21.8 Å². The second-order valence-corrected chi connectivity index (χ2v) is 9.66. The molecule has 10 heteroatoms. The summed E-state index contributed by atoms with van der Waals surface area (Å²) >= 11 is 0. The molecule has 3 heterocycles. The summed E-state index contributed by atoms with van der Waals surface area (Å²) < 4.78 is 39.0. The molecule has 3 aromatic rings. The van der Waals surface area contributed by atoms with E-state index in [9.17, 15) is 18.0 Å². The van der Waals surface area contributed by atoms with Crippen LogP contribution in [0.15, 0.2) is 53.6 Å². The summed E-state index contributed by atoms with van der Waals surface area (Å²) in [5.41, 5.74) is 2.99. The number of esters is 1. The minimum atomic E-state index is -3.74. The number of hydrogen-bond acceptors (Lipinski definition) is 6. The Balaban J connectivity index is 1.43. The molecule has 1 aromatic carbocycles. The van der Waals surface area contributed by atoms with E-state index in [2.05, 4.69) is 4.98 Å². The van der Waals surface area contributed by atoms with Gasteiger partial charge in [-0.2, -0.15) is 4.31 Å². The van der Waals surface area contributed by atoms with Gasteiger partial charge in [0.1, 0.15) is 10.6 Å². The number of nitrogens with zero attached hydrogens (tertiary/aromatic N) is 2. The Morgan fingerprint density at radius 3 is 2.48 bits per heavy atom. The van der Waals surface area contributed by atoms with Gasteiger partial charge in [0.15, 0.2) is 6.61 Å². The Kier molecular flexibility index (Phi) is 6.50. The SMILES string of the molecule is Cc1cc(C(=O)COC(=O)c2cc(S(=O)(=O)N3CCOCC3)c[nH]2)c(C)n1-c1ccccc1. The van der Waals surface area contributed by atoms with Gasteiger partial charge in [0.05, 0.1) is 13.2 Å². The lowest BCUT2D eigenvalue weighted by Crippen LogP contribution is -2.40. The molecule has 0 radical (unpaired) electrons. The number of Topliss-reactive ketones (excluding diaryl/α,β-unsaturated/α-hetero) is 1. The van der Waals surface area contributed by atoms with Crippen LogP contribution in [0.5, 0.6) is 0 Å². The van der Waals surface area contributed by atoms with E-state index in [4.69, 9.17) is 9.47 Å². The highest BCUT2D eigenvalue weighted by Crippen LogP contribution is 2.22. The molecule has 174 valence electrons. The Labute approximate surface area is 192 Å². The van der Waals surface area contributed by atoms with Crippen LogP contribution in [0.3, 0.4) is 0 Å². The minimum absolute atomic E-state index is 0.0333. The van der Waals surface area contributed by atoms with Crippen molar-refractivity contribution in [3.05, 3.63) is 71.3 Å². The number of carbonyl (C=O) groups excluding carboxylic acids is 2. The van der Waals surface area contributed by atoms with Gasteiger partial charge in [0.25, 0.3) is 0 Å². The molecule has 0 bridgehead atoms. The fourth-order valence-electron chi connectivity index (χ4n) is 3.88. The number of rotatable bonds is 7. The molecule has 0 atom stereocenters. The zero-order chi connectivity index (χ0) is 23.6. The average Bonchev–Trinajstić information content (AvgIpc) is 3.44. The number of ketones is 1. The van der Waals surface area contributed by atoms with Crippen LogP contribution in [0.25, 0.3) is 5.69 Å². The maximum absolute atomic E-state index is 12.8. The number of H-pyrrole nitrogens is 1. The zero-order valence-corrected chi connectivity index (χ0v) is 19.2. The van der Waals surface area contributed by atoms with Crippen LogP contribution < -0.4 is 0 Å². The molecule has 0 aliphatic carbocycles. The third-order valence-electron chi connectivity index (χ3n) is 5.56. The van der Waals surface area contributed by atoms with Crippen molar-refractivity contribution in [2.45, 2.75) is 18.7 Å². The normalized spacial score (nSPS) is 14.8. The van der Waals surface area contributed by atoms with Gasteiger partial charge < -0.3 is 19.0 Å². The van der Waals surface area contributed by atoms with Crippen molar-refractivity contribution in [3.8, 4) is 5.69 Å². The fraction of sp³-hybridized carbons (Fsp3) is 0.304. The van der Waals surface area contributed by atoms with Crippen LogP contribution in [0, 0.1) is 13.8 Å². The van der Waals surface area contributed by atoms with Gasteiger partial charge in [0.2, 0.25) is 15.8 Å². The van der Waals surface area contributed by atoms with Crippen LogP contribution in [-0.4, -0.2) is 66.9 Å². The number of carbonyl (C=O) groups is 2. The molecule has 4 rings (SSSR count). The first-order valence-corrected chi connectivity index (χ1v) is 11.9. The van der Waals surface area contributed by atoms with Crippen molar-refractivity contribution in [3.63, 3.8) is 0 Å². The van der Waals surface area contributed by atoms with E-state index >= 15 is 0 Å². The lowest BCUT2D eigenvalue weighted by Gasteiger charge is -2.25. The van der Waals surface area contributed by atoms with Gasteiger partial charge in [-0.1, -0.05) is 18.2 Å². The molecule has 1 fully saturated rings. The second-order valence-electron chi connectivity index (χ2n) is 7.72. The molecule has 0 unspecified atom stereocenters. The topological polar surface area (TPSA) is 111 Å². The van der Waals surface area contributed by atoms with E-state index in [0.29, 0.717) is 18.8 Å². The Morgan fingerprint density at radius 2 is 1.79 bits per heavy atom. The van der Waals surface area contributed by atoms with Crippen LogP contribution in [0.2, 0.25) is 0 Å². The zero-order valence-electron chi connectivity index (χ0n) is 18.4. The summed E-state index contributed by atoms with van der Waals surface area (Å²) in [5.74, 6) is -1.14. The third-order valence-corrected chi connectivity index (χ3v) is 7.44. The molecule has 0 saturated carbocycles. The maximum atomic E-state index is 12.8. The minimum Gasteiger partial charge on any atom is -0.453 e. The number of aromatic nitrogens is 2. The van der Waals surface area contributed by atoms with Gasteiger partial charge in [-0.05, 0) is 38.1 Å². The average molecular weight is 472 g/mol. The first-order chi connectivity index (χ1) is 15.8. The van der Waals surface area contributed by atoms with E-state index in [0.717, 1.165) is 17.1 Å². The van der Waals surface area contributed by atoms with Gasteiger partial charge >= 0.3 is 5.97 Å². The van der Waals surface area contributed by atoms with Gasteiger partial charge in [0, 0.05) is 41.9 Å². The number of morpholine rings is 1. The molecule has 0 amide bonds. The lowest BCUT2D eigenvalue weighted by molar-refractivity contribution is 0.0469. The summed E-state index contributed by atoms with van der Waals surface area (Å²) in [6, 6.07) is 12.6. The second kappa shape index (κ2) is 9.34. The smallest absolute Gasteiger partial charge is 0.355 e. The summed E-state index contributed by atoms with van der Waals surface area (Å²) in [4.78, 5) is 27.8. The number of aromatic amines is 1. The standard InChI is InChI=1S/C23H25N3O6S/c1-16-12-20(17(2)26(16)18-6-4-3-5-7-18)22(27)15-32-23(28)21-13-19(14-24-21)33(29,30)25-8-10-31-11-9-25/h3-7,12-14,24H,8-11,15H2,1-2H3. The molecular weight excluding hydrogens is 446 g/mol. The highest BCUT2D eigenvalue weighted by atomic mass is 32.2.